The summed E-state index contributed by atoms with van der Waals surface area (Å²) in [4.78, 5) is 8.42. The molecule has 0 aliphatic heterocycles. The van der Waals surface area contributed by atoms with Crippen molar-refractivity contribution in [2.75, 3.05) is 12.8 Å². The molecule has 3 aromatic rings. The lowest BCUT2D eigenvalue weighted by Gasteiger charge is -2.08. The summed E-state index contributed by atoms with van der Waals surface area (Å²) in [5.41, 5.74) is 8.59. The molecule has 0 fully saturated rings. The zero-order chi connectivity index (χ0) is 17.8. The van der Waals surface area contributed by atoms with Gasteiger partial charge in [0.1, 0.15) is 11.6 Å². The topological polar surface area (TPSA) is 107 Å². The highest BCUT2D eigenvalue weighted by Crippen LogP contribution is 2.27. The number of hydrogen-bond acceptors (Lipinski definition) is 7. The van der Waals surface area contributed by atoms with Gasteiger partial charge in [-0.15, -0.1) is 5.10 Å². The van der Waals surface area contributed by atoms with Crippen LogP contribution in [0.4, 0.5) is 5.95 Å². The third-order valence-electron chi connectivity index (χ3n) is 3.40. The number of H-pyrrole nitrogens is 1. The van der Waals surface area contributed by atoms with Gasteiger partial charge in [-0.25, -0.2) is 14.6 Å². The van der Waals surface area contributed by atoms with E-state index in [4.69, 9.17) is 10.5 Å². The predicted octanol–water partition coefficient (Wildman–Crippen LogP) is 2.38. The summed E-state index contributed by atoms with van der Waals surface area (Å²) < 4.78 is 6.98. The van der Waals surface area contributed by atoms with E-state index in [0.717, 1.165) is 28.4 Å². The zero-order valence-corrected chi connectivity index (χ0v) is 15.0. The first kappa shape index (κ1) is 17.0. The number of aromatic amines is 1. The molecule has 0 atom stereocenters. The van der Waals surface area contributed by atoms with Gasteiger partial charge in [0.2, 0.25) is 11.1 Å². The van der Waals surface area contributed by atoms with Crippen molar-refractivity contribution in [1.29, 1.82) is 0 Å². The molecule has 130 valence electrons. The average Bonchev–Trinajstić information content (AvgIpc) is 3.15. The smallest absolute Gasteiger partial charge is 0.221 e. The van der Waals surface area contributed by atoms with Crippen LogP contribution in [-0.4, -0.2) is 38.2 Å². The minimum Gasteiger partial charge on any atom is -0.496 e. The van der Waals surface area contributed by atoms with Gasteiger partial charge in [-0.05, 0) is 37.6 Å². The zero-order valence-electron chi connectivity index (χ0n) is 14.2. The van der Waals surface area contributed by atoms with Crippen LogP contribution in [0.15, 0.2) is 34.7 Å². The van der Waals surface area contributed by atoms with E-state index >= 15 is 0 Å². The SMILES string of the molecule is COc1ccc(C=Nn2cc(C)nc2N)cc1CSc1n[nH]c(C)n1. The molecule has 0 aliphatic carbocycles. The van der Waals surface area contributed by atoms with Crippen molar-refractivity contribution in [3.63, 3.8) is 0 Å². The van der Waals surface area contributed by atoms with Crippen LogP contribution in [0, 0.1) is 13.8 Å². The standard InChI is InChI=1S/C16H19N7OS/c1-10-8-23(15(17)19-10)18-7-12-4-5-14(24-3)13(6-12)9-25-16-20-11(2)21-22-16/h4-8H,9H2,1-3H3,(H2,17,19)(H,20,21,22). The van der Waals surface area contributed by atoms with Crippen molar-refractivity contribution < 1.29 is 4.74 Å². The summed E-state index contributed by atoms with van der Waals surface area (Å²) in [7, 11) is 1.66. The highest BCUT2D eigenvalue weighted by Gasteiger charge is 2.08. The Kier molecular flexibility index (Phi) is 5.03. The van der Waals surface area contributed by atoms with Crippen molar-refractivity contribution in [3.05, 3.63) is 47.0 Å². The number of aromatic nitrogens is 5. The van der Waals surface area contributed by atoms with E-state index < -0.39 is 0 Å². The van der Waals surface area contributed by atoms with Crippen molar-refractivity contribution in [2.45, 2.75) is 24.8 Å². The Balaban J connectivity index is 1.78. The van der Waals surface area contributed by atoms with Gasteiger partial charge < -0.3 is 10.5 Å². The van der Waals surface area contributed by atoms with Crippen molar-refractivity contribution in [2.24, 2.45) is 5.10 Å². The van der Waals surface area contributed by atoms with Crippen molar-refractivity contribution in [1.82, 2.24) is 24.8 Å². The number of aryl methyl sites for hydroxylation is 2. The predicted molar refractivity (Wildman–Crippen MR) is 98.0 cm³/mol. The van der Waals surface area contributed by atoms with E-state index in [1.54, 1.807) is 24.2 Å². The molecule has 0 bridgehead atoms. The second-order valence-electron chi connectivity index (χ2n) is 5.39. The largest absolute Gasteiger partial charge is 0.496 e. The Morgan fingerprint density at radius 1 is 1.36 bits per heavy atom. The highest BCUT2D eigenvalue weighted by molar-refractivity contribution is 7.98. The van der Waals surface area contributed by atoms with E-state index in [0.29, 0.717) is 16.9 Å². The minimum absolute atomic E-state index is 0.359. The molecule has 2 aromatic heterocycles. The van der Waals surface area contributed by atoms with Gasteiger partial charge in [0.15, 0.2) is 0 Å². The number of hydrogen-bond donors (Lipinski definition) is 2. The van der Waals surface area contributed by atoms with Crippen LogP contribution in [0.25, 0.3) is 0 Å². The Labute approximate surface area is 149 Å². The fourth-order valence-corrected chi connectivity index (χ4v) is 3.07. The number of nitrogens with one attached hydrogen (secondary N) is 1. The molecule has 0 radical (unpaired) electrons. The lowest BCUT2D eigenvalue weighted by molar-refractivity contribution is 0.411. The van der Waals surface area contributed by atoms with Gasteiger partial charge in [0, 0.05) is 11.3 Å². The number of nitrogen functional groups attached to an aromatic ring is 1. The van der Waals surface area contributed by atoms with E-state index in [1.807, 2.05) is 32.0 Å². The maximum absolute atomic E-state index is 5.79. The first-order valence-electron chi connectivity index (χ1n) is 7.59. The van der Waals surface area contributed by atoms with Crippen LogP contribution in [0.5, 0.6) is 5.75 Å². The summed E-state index contributed by atoms with van der Waals surface area (Å²) in [6.07, 6.45) is 3.51. The molecule has 0 saturated heterocycles. The number of nitrogens with two attached hydrogens (primary N) is 1. The van der Waals surface area contributed by atoms with Crippen molar-refractivity contribution >= 4 is 23.9 Å². The number of benzene rings is 1. The van der Waals surface area contributed by atoms with Gasteiger partial charge in [0.05, 0.1) is 25.2 Å². The molecule has 9 heteroatoms. The number of methoxy groups -OCH3 is 1. The monoisotopic (exact) mass is 357 g/mol. The van der Waals surface area contributed by atoms with E-state index in [-0.39, 0.29) is 0 Å². The summed E-state index contributed by atoms with van der Waals surface area (Å²) in [6, 6.07) is 5.88. The fraction of sp³-hybridized carbons (Fsp3) is 0.250. The molecular weight excluding hydrogens is 338 g/mol. The number of anilines is 1. The maximum Gasteiger partial charge on any atom is 0.221 e. The molecule has 25 heavy (non-hydrogen) atoms. The number of nitrogens with zero attached hydrogens (tertiary/aromatic N) is 5. The van der Waals surface area contributed by atoms with E-state index in [2.05, 4.69) is 25.3 Å². The number of ether oxygens (including phenoxy) is 1. The van der Waals surface area contributed by atoms with Crippen LogP contribution in [0.1, 0.15) is 22.6 Å². The molecule has 8 nitrogen and oxygen atoms in total. The molecule has 0 unspecified atom stereocenters. The molecule has 0 amide bonds. The van der Waals surface area contributed by atoms with Crippen LogP contribution in [0.3, 0.4) is 0 Å². The van der Waals surface area contributed by atoms with Crippen LogP contribution >= 0.6 is 11.8 Å². The molecular formula is C16H19N7OS. The Bertz CT molecular complexity index is 900. The van der Waals surface area contributed by atoms with Gasteiger partial charge in [-0.2, -0.15) is 5.10 Å². The maximum atomic E-state index is 5.79. The molecule has 1 aromatic carbocycles. The number of rotatable bonds is 6. The third-order valence-corrected chi connectivity index (χ3v) is 4.30. The second kappa shape index (κ2) is 7.39. The minimum atomic E-state index is 0.359. The Morgan fingerprint density at radius 3 is 2.84 bits per heavy atom. The van der Waals surface area contributed by atoms with Crippen molar-refractivity contribution in [3.8, 4) is 5.75 Å². The normalized spacial score (nSPS) is 11.3. The molecule has 0 saturated carbocycles. The summed E-state index contributed by atoms with van der Waals surface area (Å²) >= 11 is 1.54. The second-order valence-corrected chi connectivity index (χ2v) is 6.34. The van der Waals surface area contributed by atoms with E-state index in [9.17, 15) is 0 Å². The molecule has 3 N–H and O–H groups in total. The summed E-state index contributed by atoms with van der Waals surface area (Å²) in [5.74, 6) is 2.66. The van der Waals surface area contributed by atoms with Gasteiger partial charge in [0.25, 0.3) is 0 Å². The molecule has 2 heterocycles. The molecule has 3 rings (SSSR count). The highest BCUT2D eigenvalue weighted by atomic mass is 32.2. The third kappa shape index (κ3) is 4.18. The number of thioether (sulfide) groups is 1. The summed E-state index contributed by atoms with van der Waals surface area (Å²) in [5, 5.41) is 12.0. The van der Waals surface area contributed by atoms with Crippen LogP contribution in [-0.2, 0) is 5.75 Å². The van der Waals surface area contributed by atoms with Gasteiger partial charge in [-0.1, -0.05) is 11.8 Å². The molecule has 0 spiro atoms. The lowest BCUT2D eigenvalue weighted by Crippen LogP contribution is -1.98. The number of imidazole rings is 1. The van der Waals surface area contributed by atoms with Gasteiger partial charge in [-0.3, -0.25) is 5.10 Å². The lowest BCUT2D eigenvalue weighted by atomic mass is 10.1. The Hall–Kier alpha value is -2.81. The van der Waals surface area contributed by atoms with Crippen LogP contribution < -0.4 is 10.5 Å². The first-order valence-corrected chi connectivity index (χ1v) is 8.58. The fourth-order valence-electron chi connectivity index (χ4n) is 2.25. The Morgan fingerprint density at radius 2 is 2.20 bits per heavy atom. The van der Waals surface area contributed by atoms with E-state index in [1.165, 1.54) is 11.8 Å². The summed E-state index contributed by atoms with van der Waals surface area (Å²) in [6.45, 7) is 3.74. The van der Waals surface area contributed by atoms with Gasteiger partial charge >= 0.3 is 0 Å². The molecule has 0 aliphatic rings. The quantitative estimate of drug-likeness (QED) is 0.518. The van der Waals surface area contributed by atoms with Crippen LogP contribution in [0.2, 0.25) is 0 Å². The first-order chi connectivity index (χ1) is 12.0. The average molecular weight is 357 g/mol.